The summed E-state index contributed by atoms with van der Waals surface area (Å²) in [7, 11) is 0. The van der Waals surface area contributed by atoms with Crippen molar-refractivity contribution in [2.45, 2.75) is 25.7 Å². The second kappa shape index (κ2) is 6.99. The number of rotatable bonds is 6. The minimum Gasteiger partial charge on any atom is -0.481 e. The third-order valence-electron chi connectivity index (χ3n) is 1.15. The van der Waals surface area contributed by atoms with Gasteiger partial charge in [0.2, 0.25) is 0 Å². The molecule has 0 fully saturated rings. The lowest BCUT2D eigenvalue weighted by molar-refractivity contribution is -0.136. The van der Waals surface area contributed by atoms with Crippen molar-refractivity contribution >= 4 is 12.3 Å². The number of carboxylic acid groups (broad SMARTS) is 1. The predicted molar refractivity (Wildman–Crippen MR) is 41.3 cm³/mol. The van der Waals surface area contributed by atoms with Gasteiger partial charge in [-0.15, -0.1) is 0 Å². The van der Waals surface area contributed by atoms with E-state index in [0.29, 0.717) is 6.42 Å². The summed E-state index contributed by atoms with van der Waals surface area (Å²) in [6.07, 6.45) is 6.47. The van der Waals surface area contributed by atoms with Crippen molar-refractivity contribution in [1.82, 2.24) is 0 Å². The van der Waals surface area contributed by atoms with E-state index in [2.05, 4.69) is 0 Å². The third-order valence-corrected chi connectivity index (χ3v) is 1.15. The average molecular weight is 156 g/mol. The van der Waals surface area contributed by atoms with Gasteiger partial charge in [0.1, 0.15) is 6.29 Å². The standard InChI is InChI=1S/C8H12O3/c9-7-5-3-1-2-4-6-8(10)11/h2,4,7H,1,3,5-6H2,(H,10,11)/b4-2+. The fourth-order valence-corrected chi connectivity index (χ4v) is 0.621. The minimum absolute atomic E-state index is 0.0705. The Hall–Kier alpha value is -1.12. The Kier molecular flexibility index (Phi) is 6.28. The molecule has 0 atom stereocenters. The number of allylic oxidation sites excluding steroid dienone is 1. The topological polar surface area (TPSA) is 54.4 Å². The molecule has 0 radical (unpaired) electrons. The van der Waals surface area contributed by atoms with Gasteiger partial charge < -0.3 is 9.90 Å². The van der Waals surface area contributed by atoms with Crippen molar-refractivity contribution in [2.24, 2.45) is 0 Å². The maximum atomic E-state index is 9.98. The number of carboxylic acids is 1. The van der Waals surface area contributed by atoms with Crippen molar-refractivity contribution in [3.63, 3.8) is 0 Å². The molecule has 0 unspecified atom stereocenters. The van der Waals surface area contributed by atoms with E-state index in [1.54, 1.807) is 12.2 Å². The van der Waals surface area contributed by atoms with Gasteiger partial charge in [0.15, 0.2) is 0 Å². The number of aliphatic carboxylic acids is 1. The van der Waals surface area contributed by atoms with Gasteiger partial charge in [0.25, 0.3) is 0 Å². The Bertz CT molecular complexity index is 149. The van der Waals surface area contributed by atoms with Gasteiger partial charge in [0, 0.05) is 6.42 Å². The van der Waals surface area contributed by atoms with Gasteiger partial charge in [-0.05, 0) is 12.8 Å². The molecular weight excluding hydrogens is 144 g/mol. The van der Waals surface area contributed by atoms with E-state index in [4.69, 9.17) is 5.11 Å². The summed E-state index contributed by atoms with van der Waals surface area (Å²) >= 11 is 0. The van der Waals surface area contributed by atoms with E-state index < -0.39 is 5.97 Å². The second-order valence-corrected chi connectivity index (χ2v) is 2.17. The SMILES string of the molecule is O=CCCC/C=C/CC(=O)O. The highest BCUT2D eigenvalue weighted by molar-refractivity contribution is 5.68. The molecule has 0 aliphatic carbocycles. The average Bonchev–Trinajstić information content (AvgIpc) is 1.96. The monoisotopic (exact) mass is 156 g/mol. The molecule has 0 saturated carbocycles. The van der Waals surface area contributed by atoms with Crippen LogP contribution in [0.25, 0.3) is 0 Å². The first kappa shape index (κ1) is 9.88. The lowest BCUT2D eigenvalue weighted by Crippen LogP contribution is -1.89. The van der Waals surface area contributed by atoms with Crippen molar-refractivity contribution < 1.29 is 14.7 Å². The van der Waals surface area contributed by atoms with Crippen LogP contribution in [0.3, 0.4) is 0 Å². The Morgan fingerprint density at radius 1 is 1.27 bits per heavy atom. The quantitative estimate of drug-likeness (QED) is 0.359. The van der Waals surface area contributed by atoms with Gasteiger partial charge in [0.05, 0.1) is 6.42 Å². The normalized spacial score (nSPS) is 10.2. The van der Waals surface area contributed by atoms with E-state index in [0.717, 1.165) is 19.1 Å². The van der Waals surface area contributed by atoms with Crippen LogP contribution < -0.4 is 0 Å². The molecule has 0 spiro atoms. The number of aldehydes is 1. The maximum absolute atomic E-state index is 9.98. The Morgan fingerprint density at radius 2 is 2.00 bits per heavy atom. The predicted octanol–water partition coefficient (Wildman–Crippen LogP) is 1.39. The molecule has 3 nitrogen and oxygen atoms in total. The number of unbranched alkanes of at least 4 members (excludes halogenated alkanes) is 2. The van der Waals surface area contributed by atoms with Gasteiger partial charge in [-0.3, -0.25) is 4.79 Å². The van der Waals surface area contributed by atoms with Crippen molar-refractivity contribution in [1.29, 1.82) is 0 Å². The molecule has 0 aliphatic heterocycles. The van der Waals surface area contributed by atoms with Crippen LogP contribution in [0.1, 0.15) is 25.7 Å². The largest absolute Gasteiger partial charge is 0.481 e. The van der Waals surface area contributed by atoms with E-state index >= 15 is 0 Å². The first-order chi connectivity index (χ1) is 5.27. The van der Waals surface area contributed by atoms with Crippen molar-refractivity contribution in [2.75, 3.05) is 0 Å². The molecular formula is C8H12O3. The molecule has 0 amide bonds. The molecule has 3 heteroatoms. The Labute approximate surface area is 65.7 Å². The van der Waals surface area contributed by atoms with Crippen LogP contribution in [0.4, 0.5) is 0 Å². The lowest BCUT2D eigenvalue weighted by atomic mass is 10.2. The number of hydrogen-bond donors (Lipinski definition) is 1. The third kappa shape index (κ3) is 8.88. The van der Waals surface area contributed by atoms with Crippen LogP contribution in [-0.4, -0.2) is 17.4 Å². The summed E-state index contributed by atoms with van der Waals surface area (Å²) in [4.78, 5) is 19.8. The minimum atomic E-state index is -0.823. The van der Waals surface area contributed by atoms with Crippen LogP contribution in [0.5, 0.6) is 0 Å². The zero-order chi connectivity index (χ0) is 8.53. The van der Waals surface area contributed by atoms with Crippen LogP contribution in [0, 0.1) is 0 Å². The first-order valence-corrected chi connectivity index (χ1v) is 3.58. The fourth-order valence-electron chi connectivity index (χ4n) is 0.621. The molecule has 0 aromatic heterocycles. The Morgan fingerprint density at radius 3 is 2.55 bits per heavy atom. The molecule has 0 aromatic rings. The van der Waals surface area contributed by atoms with Crippen molar-refractivity contribution in [3.05, 3.63) is 12.2 Å². The summed E-state index contributed by atoms with van der Waals surface area (Å²) in [5, 5.41) is 8.21. The maximum Gasteiger partial charge on any atom is 0.307 e. The summed E-state index contributed by atoms with van der Waals surface area (Å²) in [5.74, 6) is -0.823. The van der Waals surface area contributed by atoms with E-state index in [1.165, 1.54) is 0 Å². The van der Waals surface area contributed by atoms with Crippen LogP contribution in [0.15, 0.2) is 12.2 Å². The van der Waals surface area contributed by atoms with Gasteiger partial charge in [-0.25, -0.2) is 0 Å². The molecule has 0 heterocycles. The van der Waals surface area contributed by atoms with E-state index in [1.807, 2.05) is 0 Å². The number of hydrogen-bond acceptors (Lipinski definition) is 2. The summed E-state index contributed by atoms with van der Waals surface area (Å²) in [6, 6.07) is 0. The summed E-state index contributed by atoms with van der Waals surface area (Å²) < 4.78 is 0. The highest BCUT2D eigenvalue weighted by atomic mass is 16.4. The van der Waals surface area contributed by atoms with Crippen LogP contribution >= 0.6 is 0 Å². The lowest BCUT2D eigenvalue weighted by Gasteiger charge is -1.86. The fraction of sp³-hybridized carbons (Fsp3) is 0.500. The Balaban J connectivity index is 3.16. The highest BCUT2D eigenvalue weighted by Crippen LogP contribution is 1.94. The zero-order valence-corrected chi connectivity index (χ0v) is 6.32. The molecule has 1 N–H and O–H groups in total. The molecule has 11 heavy (non-hydrogen) atoms. The zero-order valence-electron chi connectivity index (χ0n) is 6.32. The van der Waals surface area contributed by atoms with E-state index in [-0.39, 0.29) is 6.42 Å². The molecule has 0 aliphatic rings. The molecule has 0 aromatic carbocycles. The van der Waals surface area contributed by atoms with Gasteiger partial charge in [-0.2, -0.15) is 0 Å². The molecule has 0 rings (SSSR count). The summed E-state index contributed by atoms with van der Waals surface area (Å²) in [5.41, 5.74) is 0. The molecule has 0 bridgehead atoms. The molecule has 62 valence electrons. The van der Waals surface area contributed by atoms with Crippen molar-refractivity contribution in [3.8, 4) is 0 Å². The second-order valence-electron chi connectivity index (χ2n) is 2.17. The first-order valence-electron chi connectivity index (χ1n) is 3.58. The number of carbonyl (C=O) groups excluding carboxylic acids is 1. The molecule has 0 saturated heterocycles. The highest BCUT2D eigenvalue weighted by Gasteiger charge is 1.88. The number of carbonyl (C=O) groups is 2. The van der Waals surface area contributed by atoms with Crippen LogP contribution in [0.2, 0.25) is 0 Å². The smallest absolute Gasteiger partial charge is 0.307 e. The van der Waals surface area contributed by atoms with E-state index in [9.17, 15) is 9.59 Å². The van der Waals surface area contributed by atoms with Gasteiger partial charge in [-0.1, -0.05) is 12.2 Å². The van der Waals surface area contributed by atoms with Crippen LogP contribution in [-0.2, 0) is 9.59 Å². The summed E-state index contributed by atoms with van der Waals surface area (Å²) in [6.45, 7) is 0. The van der Waals surface area contributed by atoms with Gasteiger partial charge >= 0.3 is 5.97 Å².